The summed E-state index contributed by atoms with van der Waals surface area (Å²) in [5, 5.41) is 12.6. The Hall–Kier alpha value is -1.40. The molecule has 3 rings (SSSR count). The summed E-state index contributed by atoms with van der Waals surface area (Å²) in [6.45, 7) is 5.41. The number of aryl methyl sites for hydroxylation is 1. The van der Waals surface area contributed by atoms with Crippen LogP contribution in [0.4, 0.5) is 16.2 Å². The minimum Gasteiger partial charge on any atom is -0.391 e. The zero-order valence-electron chi connectivity index (χ0n) is 13.6. The zero-order valence-corrected chi connectivity index (χ0v) is 14.4. The predicted molar refractivity (Wildman–Crippen MR) is 96.5 cm³/mol. The molecule has 1 aromatic rings. The standard InChI is InChI=1S/C17H25N3O2S/c1-13-11-14(4-5-16(13)19-7-9-23-10-8-19)18-17(22)20-6-2-3-15(21)12-20/h4-5,11,15,21H,2-3,6-10,12H2,1H3,(H,18,22)/t15-/m1/s1. The number of nitrogens with zero attached hydrogens (tertiary/aromatic N) is 2. The molecule has 2 heterocycles. The number of carbonyl (C=O) groups is 1. The van der Waals surface area contributed by atoms with E-state index in [1.807, 2.05) is 23.9 Å². The number of hydrogen-bond donors (Lipinski definition) is 2. The first-order valence-electron chi connectivity index (χ1n) is 8.31. The third-order valence-corrected chi connectivity index (χ3v) is 5.43. The minimum atomic E-state index is -0.393. The van der Waals surface area contributed by atoms with Crippen molar-refractivity contribution in [3.63, 3.8) is 0 Å². The van der Waals surface area contributed by atoms with E-state index in [1.165, 1.54) is 22.8 Å². The number of carbonyl (C=O) groups excluding carboxylic acids is 1. The molecule has 0 radical (unpaired) electrons. The zero-order chi connectivity index (χ0) is 16.2. The van der Waals surface area contributed by atoms with Gasteiger partial charge in [-0.25, -0.2) is 4.79 Å². The second kappa shape index (κ2) is 7.45. The van der Waals surface area contributed by atoms with E-state index in [9.17, 15) is 9.90 Å². The SMILES string of the molecule is Cc1cc(NC(=O)N2CCC[C@@H](O)C2)ccc1N1CCSCC1. The number of piperidine rings is 1. The van der Waals surface area contributed by atoms with E-state index >= 15 is 0 Å². The number of likely N-dealkylation sites (tertiary alicyclic amines) is 1. The number of amides is 2. The number of aliphatic hydroxyl groups is 1. The fourth-order valence-electron chi connectivity index (χ4n) is 3.23. The van der Waals surface area contributed by atoms with Crippen LogP contribution in [-0.2, 0) is 0 Å². The van der Waals surface area contributed by atoms with E-state index in [0.717, 1.165) is 31.6 Å². The van der Waals surface area contributed by atoms with Crippen molar-refractivity contribution in [1.29, 1.82) is 0 Å². The summed E-state index contributed by atoms with van der Waals surface area (Å²) >= 11 is 2.00. The molecule has 23 heavy (non-hydrogen) atoms. The summed E-state index contributed by atoms with van der Waals surface area (Å²) in [4.78, 5) is 16.4. The van der Waals surface area contributed by atoms with Crippen LogP contribution in [0, 0.1) is 6.92 Å². The number of rotatable bonds is 2. The monoisotopic (exact) mass is 335 g/mol. The maximum Gasteiger partial charge on any atom is 0.321 e. The normalized spacial score (nSPS) is 22.1. The molecule has 2 amide bonds. The second-order valence-electron chi connectivity index (χ2n) is 6.27. The number of nitrogens with one attached hydrogen (secondary N) is 1. The van der Waals surface area contributed by atoms with Gasteiger partial charge in [0.15, 0.2) is 0 Å². The van der Waals surface area contributed by atoms with Crippen LogP contribution in [0.25, 0.3) is 0 Å². The Kier molecular flexibility index (Phi) is 5.33. The van der Waals surface area contributed by atoms with Crippen LogP contribution in [0.1, 0.15) is 18.4 Å². The summed E-state index contributed by atoms with van der Waals surface area (Å²) in [5.74, 6) is 2.35. The molecule has 2 N–H and O–H groups in total. The van der Waals surface area contributed by atoms with Crippen molar-refractivity contribution in [3.8, 4) is 0 Å². The van der Waals surface area contributed by atoms with Gasteiger partial charge in [-0.2, -0.15) is 11.8 Å². The average molecular weight is 335 g/mol. The average Bonchev–Trinajstić information content (AvgIpc) is 2.56. The number of aliphatic hydroxyl groups excluding tert-OH is 1. The Labute approximate surface area is 142 Å². The molecular formula is C17H25N3O2S. The van der Waals surface area contributed by atoms with Gasteiger partial charge in [-0.05, 0) is 43.5 Å². The maximum absolute atomic E-state index is 12.3. The fourth-order valence-corrected chi connectivity index (χ4v) is 4.14. The van der Waals surface area contributed by atoms with E-state index in [-0.39, 0.29) is 6.03 Å². The lowest BCUT2D eigenvalue weighted by molar-refractivity contribution is 0.0883. The molecule has 0 saturated carbocycles. The molecule has 2 fully saturated rings. The van der Waals surface area contributed by atoms with Crippen molar-refractivity contribution < 1.29 is 9.90 Å². The highest BCUT2D eigenvalue weighted by atomic mass is 32.2. The molecule has 126 valence electrons. The molecule has 2 aliphatic heterocycles. The lowest BCUT2D eigenvalue weighted by atomic mass is 10.1. The molecule has 0 aromatic heterocycles. The van der Waals surface area contributed by atoms with E-state index in [0.29, 0.717) is 13.1 Å². The van der Waals surface area contributed by atoms with Crippen LogP contribution in [0.5, 0.6) is 0 Å². The molecule has 2 saturated heterocycles. The number of β-amino-alcohol motifs (C(OH)–C–C–N with tert-alkyl or cyclic N) is 1. The summed E-state index contributed by atoms with van der Waals surface area (Å²) in [6, 6.07) is 5.99. The molecule has 0 spiro atoms. The Balaban J connectivity index is 1.64. The van der Waals surface area contributed by atoms with Gasteiger partial charge in [-0.3, -0.25) is 0 Å². The fraction of sp³-hybridized carbons (Fsp3) is 0.588. The van der Waals surface area contributed by atoms with Gasteiger partial charge in [0.05, 0.1) is 6.10 Å². The molecule has 1 aromatic carbocycles. The van der Waals surface area contributed by atoms with Gasteiger partial charge in [0.25, 0.3) is 0 Å². The molecule has 0 unspecified atom stereocenters. The van der Waals surface area contributed by atoms with Crippen molar-refractivity contribution in [2.75, 3.05) is 47.9 Å². The second-order valence-corrected chi connectivity index (χ2v) is 7.50. The Morgan fingerprint density at radius 2 is 2.09 bits per heavy atom. The van der Waals surface area contributed by atoms with Crippen LogP contribution in [0.15, 0.2) is 18.2 Å². The highest BCUT2D eigenvalue weighted by Gasteiger charge is 2.22. The van der Waals surface area contributed by atoms with Gasteiger partial charge in [-0.15, -0.1) is 0 Å². The number of hydrogen-bond acceptors (Lipinski definition) is 4. The van der Waals surface area contributed by atoms with Crippen LogP contribution in [0.3, 0.4) is 0 Å². The maximum atomic E-state index is 12.3. The van der Waals surface area contributed by atoms with Crippen molar-refractivity contribution in [2.24, 2.45) is 0 Å². The van der Waals surface area contributed by atoms with Gasteiger partial charge in [0, 0.05) is 49.1 Å². The van der Waals surface area contributed by atoms with E-state index in [2.05, 4.69) is 23.2 Å². The predicted octanol–water partition coefficient (Wildman–Crippen LogP) is 2.54. The van der Waals surface area contributed by atoms with Gasteiger partial charge < -0.3 is 20.2 Å². The number of thioether (sulfide) groups is 1. The van der Waals surface area contributed by atoms with Crippen molar-refractivity contribution >= 4 is 29.2 Å². The van der Waals surface area contributed by atoms with E-state index in [1.54, 1.807) is 4.90 Å². The Bertz CT molecular complexity index is 561. The Morgan fingerprint density at radius 3 is 2.78 bits per heavy atom. The first-order valence-corrected chi connectivity index (χ1v) is 9.46. The first kappa shape index (κ1) is 16.5. The highest BCUT2D eigenvalue weighted by molar-refractivity contribution is 7.99. The number of benzene rings is 1. The molecule has 5 nitrogen and oxygen atoms in total. The largest absolute Gasteiger partial charge is 0.391 e. The van der Waals surface area contributed by atoms with Crippen molar-refractivity contribution in [1.82, 2.24) is 4.90 Å². The molecule has 0 bridgehead atoms. The summed E-state index contributed by atoms with van der Waals surface area (Å²) in [6.07, 6.45) is 1.25. The molecule has 2 aliphatic rings. The summed E-state index contributed by atoms with van der Waals surface area (Å²) < 4.78 is 0. The lowest BCUT2D eigenvalue weighted by Gasteiger charge is -2.31. The van der Waals surface area contributed by atoms with Crippen LogP contribution < -0.4 is 10.2 Å². The third-order valence-electron chi connectivity index (χ3n) is 4.48. The minimum absolute atomic E-state index is 0.120. The first-order chi connectivity index (χ1) is 11.1. The third kappa shape index (κ3) is 4.12. The highest BCUT2D eigenvalue weighted by Crippen LogP contribution is 2.26. The van der Waals surface area contributed by atoms with Gasteiger partial charge in [-0.1, -0.05) is 0 Å². The molecular weight excluding hydrogens is 310 g/mol. The van der Waals surface area contributed by atoms with Crippen molar-refractivity contribution in [3.05, 3.63) is 23.8 Å². The molecule has 1 atom stereocenters. The van der Waals surface area contributed by atoms with Gasteiger partial charge in [0.1, 0.15) is 0 Å². The topological polar surface area (TPSA) is 55.8 Å². The van der Waals surface area contributed by atoms with Gasteiger partial charge in [0.2, 0.25) is 0 Å². The summed E-state index contributed by atoms with van der Waals surface area (Å²) in [7, 11) is 0. The van der Waals surface area contributed by atoms with Crippen molar-refractivity contribution in [2.45, 2.75) is 25.9 Å². The quantitative estimate of drug-likeness (QED) is 0.872. The van der Waals surface area contributed by atoms with Crippen LogP contribution in [-0.4, -0.2) is 59.8 Å². The lowest BCUT2D eigenvalue weighted by Crippen LogP contribution is -2.44. The Morgan fingerprint density at radius 1 is 1.30 bits per heavy atom. The number of urea groups is 1. The van der Waals surface area contributed by atoms with Gasteiger partial charge >= 0.3 is 6.03 Å². The number of anilines is 2. The molecule has 0 aliphatic carbocycles. The van der Waals surface area contributed by atoms with Crippen LogP contribution >= 0.6 is 11.8 Å². The van der Waals surface area contributed by atoms with E-state index < -0.39 is 6.10 Å². The smallest absolute Gasteiger partial charge is 0.321 e. The van der Waals surface area contributed by atoms with E-state index in [4.69, 9.17) is 0 Å². The summed E-state index contributed by atoms with van der Waals surface area (Å²) in [5.41, 5.74) is 3.27. The van der Waals surface area contributed by atoms with Crippen LogP contribution in [0.2, 0.25) is 0 Å². The molecule has 6 heteroatoms.